The maximum atomic E-state index is 6.18. The van der Waals surface area contributed by atoms with Gasteiger partial charge in [0.25, 0.3) is 0 Å². The number of piperidine rings is 1. The van der Waals surface area contributed by atoms with Crippen LogP contribution in [0, 0.1) is 11.8 Å². The van der Waals surface area contributed by atoms with Gasteiger partial charge in [0, 0.05) is 25.1 Å². The second kappa shape index (κ2) is 4.92. The average molecular weight is 300 g/mol. The molecule has 0 amide bonds. The molecule has 1 aromatic rings. The van der Waals surface area contributed by atoms with Crippen molar-refractivity contribution in [1.82, 2.24) is 4.90 Å². The van der Waals surface area contributed by atoms with Crippen molar-refractivity contribution in [3.05, 3.63) is 33.8 Å². The quantitative estimate of drug-likeness (QED) is 0.844. The molecule has 4 heteroatoms. The van der Waals surface area contributed by atoms with Crippen LogP contribution in [0.1, 0.15) is 12.5 Å². The van der Waals surface area contributed by atoms with E-state index in [-0.39, 0.29) is 5.41 Å². The van der Waals surface area contributed by atoms with Gasteiger partial charge in [-0.2, -0.15) is 0 Å². The van der Waals surface area contributed by atoms with Gasteiger partial charge >= 0.3 is 0 Å². The molecule has 0 aromatic heterocycles. The first-order valence-electron chi connectivity index (χ1n) is 6.81. The van der Waals surface area contributed by atoms with Crippen LogP contribution in [-0.2, 0) is 10.2 Å². The van der Waals surface area contributed by atoms with Gasteiger partial charge in [-0.05, 0) is 43.5 Å². The van der Waals surface area contributed by atoms with Gasteiger partial charge in [0.15, 0.2) is 0 Å². The lowest BCUT2D eigenvalue weighted by Crippen LogP contribution is -2.27. The minimum absolute atomic E-state index is 0.234. The maximum absolute atomic E-state index is 6.18. The number of benzene rings is 1. The van der Waals surface area contributed by atoms with E-state index in [0.717, 1.165) is 26.3 Å². The smallest absolute Gasteiger partial charge is 0.0595 e. The average Bonchev–Trinajstić information content (AvgIpc) is 2.80. The molecule has 1 saturated heterocycles. The second-order valence-electron chi connectivity index (χ2n) is 5.74. The fourth-order valence-electron chi connectivity index (χ4n) is 3.79. The van der Waals surface area contributed by atoms with Crippen molar-refractivity contribution in [2.45, 2.75) is 12.3 Å². The number of fused-ring (bicyclic) bond motifs is 1. The van der Waals surface area contributed by atoms with E-state index >= 15 is 0 Å². The largest absolute Gasteiger partial charge is 0.381 e. The highest BCUT2D eigenvalue weighted by atomic mass is 35.5. The summed E-state index contributed by atoms with van der Waals surface area (Å²) >= 11 is 12.2. The summed E-state index contributed by atoms with van der Waals surface area (Å²) < 4.78 is 5.65. The molecule has 1 aliphatic carbocycles. The summed E-state index contributed by atoms with van der Waals surface area (Å²) in [7, 11) is 2.18. The normalized spacial score (nSPS) is 33.5. The van der Waals surface area contributed by atoms with Gasteiger partial charge in [-0.15, -0.1) is 0 Å². The summed E-state index contributed by atoms with van der Waals surface area (Å²) in [6.07, 6.45) is 0. The Morgan fingerprint density at radius 2 is 2.16 bits per heavy atom. The summed E-state index contributed by atoms with van der Waals surface area (Å²) in [6, 6.07) is 6.09. The fraction of sp³-hybridized carbons (Fsp3) is 0.600. The zero-order valence-corrected chi connectivity index (χ0v) is 12.8. The van der Waals surface area contributed by atoms with Crippen molar-refractivity contribution < 1.29 is 4.74 Å². The number of hydrogen-bond acceptors (Lipinski definition) is 2. The SMILES string of the molecule is CCOC[C@@H]1[C@H]2CN(C)C[C@@]12c1ccc(Cl)c(Cl)c1. The predicted molar refractivity (Wildman–Crippen MR) is 79.1 cm³/mol. The summed E-state index contributed by atoms with van der Waals surface area (Å²) in [5, 5.41) is 1.29. The number of likely N-dealkylation sites (N-methyl/N-ethyl adjacent to an activating group) is 1. The predicted octanol–water partition coefficient (Wildman–Crippen LogP) is 3.46. The molecule has 0 radical (unpaired) electrons. The molecule has 19 heavy (non-hydrogen) atoms. The number of nitrogens with zero attached hydrogens (tertiary/aromatic N) is 1. The fourth-order valence-corrected chi connectivity index (χ4v) is 4.09. The Labute approximate surface area is 124 Å². The maximum Gasteiger partial charge on any atom is 0.0595 e. The van der Waals surface area contributed by atoms with E-state index in [4.69, 9.17) is 27.9 Å². The number of rotatable bonds is 4. The Morgan fingerprint density at radius 3 is 2.84 bits per heavy atom. The van der Waals surface area contributed by atoms with Gasteiger partial charge in [-0.3, -0.25) is 0 Å². The van der Waals surface area contributed by atoms with Crippen molar-refractivity contribution in [3.8, 4) is 0 Å². The molecular weight excluding hydrogens is 281 g/mol. The van der Waals surface area contributed by atoms with Crippen LogP contribution in [0.4, 0.5) is 0 Å². The Hall–Kier alpha value is -0.280. The Morgan fingerprint density at radius 1 is 1.37 bits per heavy atom. The summed E-state index contributed by atoms with van der Waals surface area (Å²) in [4.78, 5) is 2.40. The van der Waals surface area contributed by atoms with E-state index in [2.05, 4.69) is 24.9 Å². The molecule has 0 N–H and O–H groups in total. The van der Waals surface area contributed by atoms with Gasteiger partial charge < -0.3 is 9.64 Å². The number of likely N-dealkylation sites (tertiary alicyclic amines) is 1. The lowest BCUT2D eigenvalue weighted by atomic mass is 9.93. The lowest BCUT2D eigenvalue weighted by Gasteiger charge is -2.21. The van der Waals surface area contributed by atoms with Crippen LogP contribution in [0.25, 0.3) is 0 Å². The van der Waals surface area contributed by atoms with E-state index in [1.165, 1.54) is 5.56 Å². The number of hydrogen-bond donors (Lipinski definition) is 0. The second-order valence-corrected chi connectivity index (χ2v) is 6.55. The molecule has 1 saturated carbocycles. The Bertz CT molecular complexity index is 493. The molecule has 1 aromatic carbocycles. The summed E-state index contributed by atoms with van der Waals surface area (Å²) in [6.45, 7) is 5.94. The zero-order valence-electron chi connectivity index (χ0n) is 11.3. The number of halogens is 2. The van der Waals surface area contributed by atoms with E-state index in [9.17, 15) is 0 Å². The highest BCUT2D eigenvalue weighted by molar-refractivity contribution is 6.42. The molecule has 2 nitrogen and oxygen atoms in total. The van der Waals surface area contributed by atoms with Crippen LogP contribution in [0.5, 0.6) is 0 Å². The monoisotopic (exact) mass is 299 g/mol. The van der Waals surface area contributed by atoms with E-state index in [1.54, 1.807) is 0 Å². The van der Waals surface area contributed by atoms with Gasteiger partial charge in [0.2, 0.25) is 0 Å². The van der Waals surface area contributed by atoms with Crippen molar-refractivity contribution >= 4 is 23.2 Å². The molecule has 2 fully saturated rings. The van der Waals surface area contributed by atoms with E-state index in [0.29, 0.717) is 21.9 Å². The van der Waals surface area contributed by atoms with Crippen LogP contribution >= 0.6 is 23.2 Å². The zero-order chi connectivity index (χ0) is 13.6. The molecular formula is C15H19Cl2NO. The third-order valence-corrected chi connectivity index (χ3v) is 5.44. The number of ether oxygens (including phenoxy) is 1. The molecule has 0 unspecified atom stereocenters. The van der Waals surface area contributed by atoms with Crippen molar-refractivity contribution in [3.63, 3.8) is 0 Å². The van der Waals surface area contributed by atoms with Crippen molar-refractivity contribution in [2.75, 3.05) is 33.4 Å². The van der Waals surface area contributed by atoms with Crippen LogP contribution in [-0.4, -0.2) is 38.3 Å². The Kier molecular flexibility index (Phi) is 3.55. The third-order valence-electron chi connectivity index (χ3n) is 4.70. The van der Waals surface area contributed by atoms with E-state index in [1.807, 2.05) is 12.1 Å². The molecule has 2 aliphatic rings. The van der Waals surface area contributed by atoms with E-state index < -0.39 is 0 Å². The molecule has 3 rings (SSSR count). The molecule has 0 spiro atoms. The third kappa shape index (κ3) is 2.09. The molecule has 1 aliphatic heterocycles. The first-order valence-corrected chi connectivity index (χ1v) is 7.57. The molecule has 3 atom stereocenters. The van der Waals surface area contributed by atoms with Gasteiger partial charge in [0.05, 0.1) is 16.7 Å². The van der Waals surface area contributed by atoms with Gasteiger partial charge in [0.1, 0.15) is 0 Å². The summed E-state index contributed by atoms with van der Waals surface area (Å²) in [5.74, 6) is 1.32. The van der Waals surface area contributed by atoms with Crippen LogP contribution < -0.4 is 0 Å². The first kappa shape index (κ1) is 13.7. The summed E-state index contributed by atoms with van der Waals surface area (Å²) in [5.41, 5.74) is 1.55. The highest BCUT2D eigenvalue weighted by Crippen LogP contribution is 2.64. The molecule has 104 valence electrons. The molecule has 1 heterocycles. The van der Waals surface area contributed by atoms with Gasteiger partial charge in [-0.25, -0.2) is 0 Å². The van der Waals surface area contributed by atoms with Crippen LogP contribution in [0.3, 0.4) is 0 Å². The highest BCUT2D eigenvalue weighted by Gasteiger charge is 2.68. The van der Waals surface area contributed by atoms with Gasteiger partial charge in [-0.1, -0.05) is 29.3 Å². The van der Waals surface area contributed by atoms with Crippen LogP contribution in [0.15, 0.2) is 18.2 Å². The standard InChI is InChI=1S/C15H19Cl2NO/c1-3-19-8-12-11-7-18(2)9-15(11,12)10-4-5-13(16)14(17)6-10/h4-6,11-12H,3,7-9H2,1-2H3/t11-,12-,15+/m1/s1. The van der Waals surface area contributed by atoms with Crippen molar-refractivity contribution in [1.29, 1.82) is 0 Å². The van der Waals surface area contributed by atoms with Crippen LogP contribution in [0.2, 0.25) is 10.0 Å². The minimum atomic E-state index is 0.234. The Balaban J connectivity index is 1.89. The topological polar surface area (TPSA) is 12.5 Å². The van der Waals surface area contributed by atoms with Crippen molar-refractivity contribution in [2.24, 2.45) is 11.8 Å². The first-order chi connectivity index (χ1) is 9.09. The minimum Gasteiger partial charge on any atom is -0.381 e. The molecule has 0 bridgehead atoms. The lowest BCUT2D eigenvalue weighted by molar-refractivity contribution is 0.120.